The van der Waals surface area contributed by atoms with E-state index in [0.717, 1.165) is 41.6 Å². The molecule has 9 heteroatoms. The highest BCUT2D eigenvalue weighted by molar-refractivity contribution is 5.99. The molecule has 0 saturated carbocycles. The number of hydrogen-bond donors (Lipinski definition) is 3. The Morgan fingerprint density at radius 1 is 1.24 bits per heavy atom. The standard InChI is InChI=1S/C24H27N3O4.2ClH/c1-2-29-24(28)21(15-3-6-18(7-4-15)31-19-9-10-27-13-19)12-22-20-8-5-16(23(25)26)11-17(20)14-30-22;;/h3-8,11,14,19,21,27H,2,9-10,12-13H2,1H3,(H3,25,26);2*1H/t19-,21?;;/m0../s1. The number of nitrogen functional groups attached to an aromatic ring is 1. The SMILES string of the molecule is CCOC(=O)C(Cc1occ2cc(C(=N)N)ccc12)c1ccc(O[C@H]2CCNC2)cc1.Cl.Cl. The van der Waals surface area contributed by atoms with Gasteiger partial charge in [0.05, 0.1) is 18.8 Å². The number of benzene rings is 2. The third-order valence-electron chi connectivity index (χ3n) is 5.55. The van der Waals surface area contributed by atoms with Crippen LogP contribution in [0, 0.1) is 5.41 Å². The number of halogens is 2. The number of nitrogens with one attached hydrogen (secondary N) is 2. The Labute approximate surface area is 205 Å². The molecule has 1 aliphatic heterocycles. The summed E-state index contributed by atoms with van der Waals surface area (Å²) >= 11 is 0. The molecule has 0 amide bonds. The van der Waals surface area contributed by atoms with Crippen LogP contribution in [0.2, 0.25) is 0 Å². The molecule has 7 nitrogen and oxygen atoms in total. The molecular weight excluding hydrogens is 465 g/mol. The Hall–Kier alpha value is -2.74. The molecule has 33 heavy (non-hydrogen) atoms. The number of esters is 1. The molecule has 1 fully saturated rings. The molecule has 178 valence electrons. The van der Waals surface area contributed by atoms with Gasteiger partial charge in [-0.25, -0.2) is 0 Å². The summed E-state index contributed by atoms with van der Waals surface area (Å²) in [6.45, 7) is 3.93. The van der Waals surface area contributed by atoms with Gasteiger partial charge in [0.15, 0.2) is 0 Å². The minimum absolute atomic E-state index is 0. The number of fused-ring (bicyclic) bond motifs is 1. The molecule has 4 N–H and O–H groups in total. The lowest BCUT2D eigenvalue weighted by molar-refractivity contribution is -0.145. The number of nitrogens with two attached hydrogens (primary N) is 1. The fourth-order valence-electron chi connectivity index (χ4n) is 3.90. The molecule has 3 aromatic rings. The van der Waals surface area contributed by atoms with E-state index in [4.69, 9.17) is 25.0 Å². The monoisotopic (exact) mass is 493 g/mol. The lowest BCUT2D eigenvalue weighted by Crippen LogP contribution is -2.20. The second-order valence-electron chi connectivity index (χ2n) is 7.69. The van der Waals surface area contributed by atoms with Crippen LogP contribution in [0.1, 0.15) is 36.1 Å². The predicted octanol–water partition coefficient (Wildman–Crippen LogP) is 4.19. The molecule has 0 bridgehead atoms. The maximum absolute atomic E-state index is 12.8. The molecular formula is C24H29Cl2N3O4. The Bertz CT molecular complexity index is 1080. The highest BCUT2D eigenvalue weighted by Gasteiger charge is 2.25. The van der Waals surface area contributed by atoms with Crippen LogP contribution in [-0.4, -0.2) is 37.6 Å². The molecule has 2 heterocycles. The van der Waals surface area contributed by atoms with Crippen molar-refractivity contribution < 1.29 is 18.7 Å². The number of carbonyl (C=O) groups is 1. The largest absolute Gasteiger partial charge is 0.489 e. The van der Waals surface area contributed by atoms with Gasteiger partial charge in [0.25, 0.3) is 0 Å². The topological polar surface area (TPSA) is 111 Å². The summed E-state index contributed by atoms with van der Waals surface area (Å²) in [4.78, 5) is 12.8. The summed E-state index contributed by atoms with van der Waals surface area (Å²) < 4.78 is 17.1. The lowest BCUT2D eigenvalue weighted by atomic mass is 9.93. The highest BCUT2D eigenvalue weighted by Crippen LogP contribution is 2.30. The molecule has 1 unspecified atom stereocenters. The molecule has 2 atom stereocenters. The van der Waals surface area contributed by atoms with Gasteiger partial charge in [-0.15, -0.1) is 24.8 Å². The molecule has 1 saturated heterocycles. The van der Waals surface area contributed by atoms with E-state index in [1.54, 1.807) is 19.3 Å². The van der Waals surface area contributed by atoms with Crippen LogP contribution in [0.15, 0.2) is 53.1 Å². The van der Waals surface area contributed by atoms with Gasteiger partial charge in [0, 0.05) is 29.3 Å². The lowest BCUT2D eigenvalue weighted by Gasteiger charge is -2.17. The first-order chi connectivity index (χ1) is 15.0. The maximum Gasteiger partial charge on any atom is 0.313 e. The zero-order valence-corrected chi connectivity index (χ0v) is 20.0. The van der Waals surface area contributed by atoms with Gasteiger partial charge in [-0.3, -0.25) is 10.2 Å². The average molecular weight is 494 g/mol. The van der Waals surface area contributed by atoms with Crippen LogP contribution in [0.3, 0.4) is 0 Å². The average Bonchev–Trinajstić information content (AvgIpc) is 3.42. The van der Waals surface area contributed by atoms with Gasteiger partial charge < -0.3 is 24.9 Å². The van der Waals surface area contributed by atoms with Gasteiger partial charge in [-0.05, 0) is 43.7 Å². The van der Waals surface area contributed by atoms with E-state index in [9.17, 15) is 4.79 Å². The van der Waals surface area contributed by atoms with Gasteiger partial charge in [-0.1, -0.05) is 24.3 Å². The van der Waals surface area contributed by atoms with Crippen molar-refractivity contribution in [2.24, 2.45) is 5.73 Å². The first-order valence-corrected chi connectivity index (χ1v) is 10.5. The molecule has 1 aromatic heterocycles. The minimum atomic E-state index is -0.496. The van der Waals surface area contributed by atoms with Gasteiger partial charge in [0.2, 0.25) is 0 Å². The Morgan fingerprint density at radius 3 is 2.64 bits per heavy atom. The van der Waals surface area contributed by atoms with Gasteiger partial charge in [-0.2, -0.15) is 0 Å². The zero-order chi connectivity index (χ0) is 21.8. The zero-order valence-electron chi connectivity index (χ0n) is 18.3. The number of furan rings is 1. The van der Waals surface area contributed by atoms with E-state index < -0.39 is 5.92 Å². The quantitative estimate of drug-likeness (QED) is 0.246. The van der Waals surface area contributed by atoms with Crippen molar-refractivity contribution in [1.82, 2.24) is 5.32 Å². The van der Waals surface area contributed by atoms with Crippen molar-refractivity contribution in [3.63, 3.8) is 0 Å². The van der Waals surface area contributed by atoms with Crippen molar-refractivity contribution in [3.05, 3.63) is 65.6 Å². The summed E-state index contributed by atoms with van der Waals surface area (Å²) in [6, 6.07) is 13.1. The van der Waals surface area contributed by atoms with Crippen LogP contribution in [0.5, 0.6) is 5.75 Å². The fourth-order valence-corrected chi connectivity index (χ4v) is 3.90. The van der Waals surface area contributed by atoms with Gasteiger partial charge >= 0.3 is 5.97 Å². The van der Waals surface area contributed by atoms with Crippen molar-refractivity contribution in [2.75, 3.05) is 19.7 Å². The van der Waals surface area contributed by atoms with E-state index in [0.29, 0.717) is 24.4 Å². The Balaban J connectivity index is 0.00000193. The summed E-state index contributed by atoms with van der Waals surface area (Å²) in [7, 11) is 0. The van der Waals surface area contributed by atoms with E-state index in [1.807, 2.05) is 36.4 Å². The second-order valence-corrected chi connectivity index (χ2v) is 7.69. The molecule has 1 aliphatic rings. The van der Waals surface area contributed by atoms with E-state index in [2.05, 4.69) is 5.32 Å². The van der Waals surface area contributed by atoms with E-state index in [1.165, 1.54) is 0 Å². The van der Waals surface area contributed by atoms with Crippen LogP contribution in [0.25, 0.3) is 10.8 Å². The van der Waals surface area contributed by atoms with Crippen LogP contribution in [0.4, 0.5) is 0 Å². The van der Waals surface area contributed by atoms with Crippen molar-refractivity contribution in [3.8, 4) is 5.75 Å². The predicted molar refractivity (Wildman–Crippen MR) is 133 cm³/mol. The number of ether oxygens (including phenoxy) is 2. The summed E-state index contributed by atoms with van der Waals surface area (Å²) in [6.07, 6.45) is 3.17. The third-order valence-corrected chi connectivity index (χ3v) is 5.55. The van der Waals surface area contributed by atoms with Crippen molar-refractivity contribution in [2.45, 2.75) is 31.8 Å². The molecule has 0 spiro atoms. The smallest absolute Gasteiger partial charge is 0.313 e. The van der Waals surface area contributed by atoms with E-state index in [-0.39, 0.29) is 42.7 Å². The third kappa shape index (κ3) is 6.19. The van der Waals surface area contributed by atoms with Gasteiger partial charge in [0.1, 0.15) is 23.4 Å². The number of carbonyl (C=O) groups excluding carboxylic acids is 1. The first-order valence-electron chi connectivity index (χ1n) is 10.5. The van der Waals surface area contributed by atoms with E-state index >= 15 is 0 Å². The van der Waals surface area contributed by atoms with Crippen LogP contribution in [-0.2, 0) is 16.0 Å². The number of rotatable bonds is 8. The molecule has 2 aromatic carbocycles. The fraction of sp³-hybridized carbons (Fsp3) is 0.333. The molecule has 0 radical (unpaired) electrons. The summed E-state index contributed by atoms with van der Waals surface area (Å²) in [5.41, 5.74) is 7.06. The second kappa shape index (κ2) is 11.9. The maximum atomic E-state index is 12.8. The van der Waals surface area contributed by atoms with Crippen LogP contribution < -0.4 is 15.8 Å². The Kier molecular flexibility index (Phi) is 9.58. The summed E-state index contributed by atoms with van der Waals surface area (Å²) in [5.74, 6) is 0.704. The minimum Gasteiger partial charge on any atom is -0.489 e. The molecule has 0 aliphatic carbocycles. The number of hydrogen-bond acceptors (Lipinski definition) is 6. The van der Waals surface area contributed by atoms with Crippen molar-refractivity contribution >= 4 is 47.4 Å². The first kappa shape index (κ1) is 26.5. The molecule has 4 rings (SSSR count). The normalized spacial score (nSPS) is 15.8. The Morgan fingerprint density at radius 2 is 2.00 bits per heavy atom. The highest BCUT2D eigenvalue weighted by atomic mass is 35.5. The van der Waals surface area contributed by atoms with Crippen molar-refractivity contribution in [1.29, 1.82) is 5.41 Å². The summed E-state index contributed by atoms with van der Waals surface area (Å²) in [5, 5.41) is 12.6. The van der Waals surface area contributed by atoms with Crippen LogP contribution >= 0.6 is 24.8 Å². The number of amidine groups is 1.